The average Bonchev–Trinajstić information content (AvgIpc) is 3.22. The van der Waals surface area contributed by atoms with E-state index >= 15 is 0 Å². The van der Waals surface area contributed by atoms with E-state index in [1.54, 1.807) is 27.4 Å². The zero-order valence-corrected chi connectivity index (χ0v) is 17.7. The minimum absolute atomic E-state index is 0.137. The van der Waals surface area contributed by atoms with Gasteiger partial charge in [0.15, 0.2) is 29.2 Å². The van der Waals surface area contributed by atoms with Gasteiger partial charge in [-0.2, -0.15) is 5.43 Å². The second-order valence-electron chi connectivity index (χ2n) is 7.21. The fraction of sp³-hybridized carbons (Fsp3) is 0.381. The van der Waals surface area contributed by atoms with Crippen molar-refractivity contribution in [2.45, 2.75) is 19.1 Å². The predicted molar refractivity (Wildman–Crippen MR) is 110 cm³/mol. The standard InChI is InChI=1S/C21H25N3O7/c1-10-18(11-5-16(26-2)19(28-4)17(6-11)27-3)12-7-14-15(30-9-29-14)8-13(12)31-20(10)23-24-21(22)25/h5-8,10,18,20,23H,9H2,1-4H3,(H3,22,24,25)/t10-,18+,20+/m0/s1. The number of carbonyl (C=O) groups is 1. The lowest BCUT2D eigenvalue weighted by atomic mass is 9.78. The molecule has 2 heterocycles. The van der Waals surface area contributed by atoms with Crippen LogP contribution in [0.5, 0.6) is 34.5 Å². The highest BCUT2D eigenvalue weighted by atomic mass is 16.7. The van der Waals surface area contributed by atoms with E-state index in [9.17, 15) is 4.79 Å². The van der Waals surface area contributed by atoms with Gasteiger partial charge in [0, 0.05) is 23.5 Å². The molecule has 31 heavy (non-hydrogen) atoms. The average molecular weight is 431 g/mol. The van der Waals surface area contributed by atoms with Gasteiger partial charge in [-0.25, -0.2) is 4.79 Å². The molecule has 4 rings (SSSR count). The van der Waals surface area contributed by atoms with E-state index in [-0.39, 0.29) is 18.6 Å². The monoisotopic (exact) mass is 431 g/mol. The Balaban J connectivity index is 1.84. The Morgan fingerprint density at radius 1 is 1.00 bits per heavy atom. The summed E-state index contributed by atoms with van der Waals surface area (Å²) in [5, 5.41) is 0. The molecule has 0 radical (unpaired) electrons. The number of fused-ring (bicyclic) bond motifs is 2. The van der Waals surface area contributed by atoms with Gasteiger partial charge in [0.25, 0.3) is 0 Å². The van der Waals surface area contributed by atoms with Crippen LogP contribution in [0.2, 0.25) is 0 Å². The largest absolute Gasteiger partial charge is 0.493 e. The summed E-state index contributed by atoms with van der Waals surface area (Å²) in [5.74, 6) is 3.12. The first-order chi connectivity index (χ1) is 15.0. The third-order valence-electron chi connectivity index (χ3n) is 5.48. The zero-order valence-electron chi connectivity index (χ0n) is 17.7. The molecule has 2 amide bonds. The van der Waals surface area contributed by atoms with Crippen LogP contribution in [0.15, 0.2) is 24.3 Å². The smallest absolute Gasteiger partial charge is 0.326 e. The number of amides is 2. The first-order valence-corrected chi connectivity index (χ1v) is 9.67. The van der Waals surface area contributed by atoms with Crippen LogP contribution in [0.4, 0.5) is 4.79 Å². The second-order valence-corrected chi connectivity index (χ2v) is 7.21. The molecule has 2 aliphatic heterocycles. The van der Waals surface area contributed by atoms with Gasteiger partial charge in [0.05, 0.1) is 21.3 Å². The van der Waals surface area contributed by atoms with Crippen molar-refractivity contribution < 1.29 is 33.2 Å². The lowest BCUT2D eigenvalue weighted by Gasteiger charge is -2.38. The van der Waals surface area contributed by atoms with Crippen molar-refractivity contribution >= 4 is 6.03 Å². The molecule has 10 nitrogen and oxygen atoms in total. The molecule has 0 spiro atoms. The summed E-state index contributed by atoms with van der Waals surface area (Å²) in [7, 11) is 4.70. The van der Waals surface area contributed by atoms with Crippen molar-refractivity contribution in [3.8, 4) is 34.5 Å². The lowest BCUT2D eigenvalue weighted by molar-refractivity contribution is 0.0691. The van der Waals surface area contributed by atoms with Crippen molar-refractivity contribution in [2.75, 3.05) is 28.1 Å². The van der Waals surface area contributed by atoms with Crippen LogP contribution in [0, 0.1) is 5.92 Å². The molecule has 0 saturated heterocycles. The number of hydrogen-bond acceptors (Lipinski definition) is 8. The normalized spacial score (nSPS) is 21.0. The molecule has 3 atom stereocenters. The number of nitrogens with two attached hydrogens (primary N) is 1. The molecule has 10 heteroatoms. The lowest BCUT2D eigenvalue weighted by Crippen LogP contribution is -2.54. The van der Waals surface area contributed by atoms with E-state index in [1.165, 1.54) is 0 Å². The molecular weight excluding hydrogens is 406 g/mol. The molecule has 0 aliphatic carbocycles. The zero-order chi connectivity index (χ0) is 22.1. The van der Waals surface area contributed by atoms with Crippen molar-refractivity contribution in [1.29, 1.82) is 0 Å². The van der Waals surface area contributed by atoms with Gasteiger partial charge in [-0.05, 0) is 23.8 Å². The van der Waals surface area contributed by atoms with Crippen molar-refractivity contribution in [2.24, 2.45) is 11.7 Å². The number of urea groups is 1. The van der Waals surface area contributed by atoms with E-state index < -0.39 is 12.3 Å². The summed E-state index contributed by atoms with van der Waals surface area (Å²) in [5.41, 5.74) is 12.3. The van der Waals surface area contributed by atoms with E-state index in [0.717, 1.165) is 11.1 Å². The van der Waals surface area contributed by atoms with Crippen LogP contribution in [-0.2, 0) is 0 Å². The van der Waals surface area contributed by atoms with Gasteiger partial charge in [0.2, 0.25) is 12.5 Å². The van der Waals surface area contributed by atoms with E-state index in [1.807, 2.05) is 25.1 Å². The van der Waals surface area contributed by atoms with Gasteiger partial charge in [-0.1, -0.05) is 6.92 Å². The number of primary amides is 1. The first kappa shape index (κ1) is 20.7. The molecule has 4 N–H and O–H groups in total. The van der Waals surface area contributed by atoms with Gasteiger partial charge in [-0.15, -0.1) is 0 Å². The molecule has 0 aromatic heterocycles. The third-order valence-corrected chi connectivity index (χ3v) is 5.48. The maximum atomic E-state index is 11.2. The number of rotatable bonds is 6. The Hall–Kier alpha value is -3.53. The van der Waals surface area contributed by atoms with Gasteiger partial charge >= 0.3 is 6.03 Å². The summed E-state index contributed by atoms with van der Waals surface area (Å²) < 4.78 is 33.8. The fourth-order valence-electron chi connectivity index (χ4n) is 4.05. The summed E-state index contributed by atoms with van der Waals surface area (Å²) in [6.45, 7) is 2.15. The fourth-order valence-corrected chi connectivity index (χ4v) is 4.05. The second kappa shape index (κ2) is 8.31. The van der Waals surface area contributed by atoms with Crippen molar-refractivity contribution in [3.63, 3.8) is 0 Å². The quantitative estimate of drug-likeness (QED) is 0.595. The topological polar surface area (TPSA) is 123 Å². The van der Waals surface area contributed by atoms with Gasteiger partial charge in [-0.3, -0.25) is 5.43 Å². The van der Waals surface area contributed by atoms with Crippen LogP contribution in [0.1, 0.15) is 24.0 Å². The molecule has 2 aromatic rings. The molecule has 2 aromatic carbocycles. The Bertz CT molecular complexity index is 972. The van der Waals surface area contributed by atoms with E-state index in [4.69, 9.17) is 34.2 Å². The highest BCUT2D eigenvalue weighted by Crippen LogP contribution is 2.51. The predicted octanol–water partition coefficient (Wildman–Crippen LogP) is 2.10. The van der Waals surface area contributed by atoms with Crippen LogP contribution in [0.3, 0.4) is 0 Å². The van der Waals surface area contributed by atoms with Gasteiger partial charge < -0.3 is 34.2 Å². The van der Waals surface area contributed by atoms with Crippen LogP contribution >= 0.6 is 0 Å². The highest BCUT2D eigenvalue weighted by molar-refractivity contribution is 5.71. The summed E-state index contributed by atoms with van der Waals surface area (Å²) >= 11 is 0. The number of ether oxygens (including phenoxy) is 6. The van der Waals surface area contributed by atoms with Crippen LogP contribution in [-0.4, -0.2) is 40.4 Å². The summed E-state index contributed by atoms with van der Waals surface area (Å²) in [6.07, 6.45) is -0.565. The molecule has 166 valence electrons. The number of methoxy groups -OCH3 is 3. The number of hydrogen-bond donors (Lipinski definition) is 3. The SMILES string of the molecule is COc1cc([C@@H]2c3cc4c(cc3O[C@@H](NNC(N)=O)[C@H]2C)OCO4)cc(OC)c1OC. The maximum Gasteiger partial charge on any atom is 0.326 e. The van der Waals surface area contributed by atoms with Crippen LogP contribution in [0.25, 0.3) is 0 Å². The Labute approximate surface area is 179 Å². The Morgan fingerprint density at radius 3 is 2.23 bits per heavy atom. The minimum atomic E-state index is -0.711. The number of carbonyl (C=O) groups excluding carboxylic acids is 1. The minimum Gasteiger partial charge on any atom is -0.493 e. The van der Waals surface area contributed by atoms with Gasteiger partial charge in [0.1, 0.15) is 5.75 Å². The van der Waals surface area contributed by atoms with Crippen molar-refractivity contribution in [3.05, 3.63) is 35.4 Å². The number of hydrazine groups is 1. The third kappa shape index (κ3) is 3.70. The van der Waals surface area contributed by atoms with Crippen LogP contribution < -0.4 is 45.0 Å². The molecular formula is C21H25N3O7. The molecule has 0 unspecified atom stereocenters. The number of nitrogens with one attached hydrogen (secondary N) is 2. The summed E-state index contributed by atoms with van der Waals surface area (Å²) in [4.78, 5) is 11.2. The highest BCUT2D eigenvalue weighted by Gasteiger charge is 2.39. The van der Waals surface area contributed by atoms with E-state index in [2.05, 4.69) is 10.9 Å². The molecule has 0 fully saturated rings. The first-order valence-electron chi connectivity index (χ1n) is 9.67. The number of benzene rings is 2. The Kier molecular flexibility index (Phi) is 5.55. The molecule has 0 bridgehead atoms. The maximum absolute atomic E-state index is 11.2. The molecule has 0 saturated carbocycles. The van der Waals surface area contributed by atoms with Crippen molar-refractivity contribution in [1.82, 2.24) is 10.9 Å². The molecule has 2 aliphatic rings. The summed E-state index contributed by atoms with van der Waals surface area (Å²) in [6, 6.07) is 6.80. The Morgan fingerprint density at radius 2 is 1.65 bits per heavy atom. The van der Waals surface area contributed by atoms with E-state index in [0.29, 0.717) is 34.5 Å².